The zero-order valence-corrected chi connectivity index (χ0v) is 17.2. The van der Waals surface area contributed by atoms with Crippen molar-refractivity contribution in [1.82, 2.24) is 24.6 Å². The van der Waals surface area contributed by atoms with Gasteiger partial charge < -0.3 is 9.64 Å². The van der Waals surface area contributed by atoms with Gasteiger partial charge in [0.2, 0.25) is 5.91 Å². The van der Waals surface area contributed by atoms with E-state index in [0.29, 0.717) is 24.0 Å². The molecule has 0 bridgehead atoms. The van der Waals surface area contributed by atoms with Crippen LogP contribution in [-0.2, 0) is 9.53 Å². The van der Waals surface area contributed by atoms with Crippen LogP contribution < -0.4 is 0 Å². The summed E-state index contributed by atoms with van der Waals surface area (Å²) in [7, 11) is 0. The van der Waals surface area contributed by atoms with Gasteiger partial charge in [-0.2, -0.15) is 0 Å². The van der Waals surface area contributed by atoms with Crippen molar-refractivity contribution in [2.24, 2.45) is 0 Å². The van der Waals surface area contributed by atoms with Crippen LogP contribution in [0.15, 0.2) is 60.0 Å². The van der Waals surface area contributed by atoms with E-state index in [-0.39, 0.29) is 18.1 Å². The van der Waals surface area contributed by atoms with Crippen molar-refractivity contribution < 1.29 is 9.53 Å². The Bertz CT molecular complexity index is 954. The van der Waals surface area contributed by atoms with E-state index >= 15 is 0 Å². The minimum absolute atomic E-state index is 0.0546. The zero-order chi connectivity index (χ0) is 20.2. The molecule has 7 nitrogen and oxygen atoms in total. The van der Waals surface area contributed by atoms with Gasteiger partial charge in [0.1, 0.15) is 0 Å². The highest BCUT2D eigenvalue weighted by atomic mass is 32.2. The highest BCUT2D eigenvalue weighted by Crippen LogP contribution is 2.28. The fourth-order valence-corrected chi connectivity index (χ4v) is 4.31. The summed E-state index contributed by atoms with van der Waals surface area (Å²) in [6.07, 6.45) is 3.57. The Morgan fingerprint density at radius 1 is 1.07 bits per heavy atom. The van der Waals surface area contributed by atoms with Crippen molar-refractivity contribution in [3.63, 3.8) is 0 Å². The third kappa shape index (κ3) is 4.49. The lowest BCUT2D eigenvalue weighted by Crippen LogP contribution is -2.48. The fraction of sp³-hybridized carbons (Fsp3) is 0.333. The highest BCUT2D eigenvalue weighted by molar-refractivity contribution is 7.99. The van der Waals surface area contributed by atoms with Crippen LogP contribution in [0.1, 0.15) is 13.8 Å². The number of carbonyl (C=O) groups is 1. The molecule has 0 spiro atoms. The predicted molar refractivity (Wildman–Crippen MR) is 112 cm³/mol. The van der Waals surface area contributed by atoms with Gasteiger partial charge in [0.15, 0.2) is 11.0 Å². The van der Waals surface area contributed by atoms with Crippen molar-refractivity contribution in [3.05, 3.63) is 54.9 Å². The number of morpholine rings is 1. The van der Waals surface area contributed by atoms with E-state index in [2.05, 4.69) is 15.2 Å². The van der Waals surface area contributed by atoms with E-state index in [9.17, 15) is 4.79 Å². The SMILES string of the molecule is C[C@@H]1CN(C(=O)CSc2nnc(-c3ccncc3)n2-c2ccccc2)C[C@@H](C)O1. The molecule has 2 aromatic heterocycles. The molecular formula is C21H23N5O2S. The van der Waals surface area contributed by atoms with Gasteiger partial charge in [0.05, 0.1) is 18.0 Å². The van der Waals surface area contributed by atoms with E-state index in [1.807, 2.05) is 65.8 Å². The summed E-state index contributed by atoms with van der Waals surface area (Å²) < 4.78 is 7.71. The number of para-hydroxylation sites is 1. The van der Waals surface area contributed by atoms with Gasteiger partial charge in [0, 0.05) is 36.7 Å². The Morgan fingerprint density at radius 3 is 2.45 bits per heavy atom. The van der Waals surface area contributed by atoms with Gasteiger partial charge in [-0.15, -0.1) is 10.2 Å². The zero-order valence-electron chi connectivity index (χ0n) is 16.4. The van der Waals surface area contributed by atoms with E-state index in [4.69, 9.17) is 4.74 Å². The lowest BCUT2D eigenvalue weighted by Gasteiger charge is -2.35. The molecule has 1 saturated heterocycles. The van der Waals surface area contributed by atoms with E-state index in [1.54, 1.807) is 12.4 Å². The third-order valence-corrected chi connectivity index (χ3v) is 5.60. The molecule has 3 aromatic rings. The van der Waals surface area contributed by atoms with Crippen LogP contribution >= 0.6 is 11.8 Å². The topological polar surface area (TPSA) is 73.1 Å². The van der Waals surface area contributed by atoms with Crippen LogP contribution in [0, 0.1) is 0 Å². The van der Waals surface area contributed by atoms with E-state index in [0.717, 1.165) is 17.1 Å². The minimum atomic E-state index is 0.0546. The van der Waals surface area contributed by atoms with Crippen LogP contribution in [0.25, 0.3) is 17.1 Å². The molecule has 1 amide bonds. The third-order valence-electron chi connectivity index (χ3n) is 4.68. The number of rotatable bonds is 5. The molecule has 0 aliphatic carbocycles. The van der Waals surface area contributed by atoms with Crippen molar-refractivity contribution in [2.75, 3.05) is 18.8 Å². The second-order valence-electron chi connectivity index (χ2n) is 7.06. The normalized spacial score (nSPS) is 19.3. The first kappa shape index (κ1) is 19.6. The Hall–Kier alpha value is -2.71. The average molecular weight is 410 g/mol. The maximum absolute atomic E-state index is 12.8. The molecule has 150 valence electrons. The Labute approximate surface area is 174 Å². The number of pyridine rings is 1. The van der Waals surface area contributed by atoms with Crippen LogP contribution in [0.2, 0.25) is 0 Å². The Kier molecular flexibility index (Phi) is 5.92. The lowest BCUT2D eigenvalue weighted by atomic mass is 10.2. The molecule has 0 saturated carbocycles. The number of thioether (sulfide) groups is 1. The maximum atomic E-state index is 12.8. The summed E-state index contributed by atoms with van der Waals surface area (Å²) in [4.78, 5) is 18.7. The van der Waals surface area contributed by atoms with Crippen molar-refractivity contribution >= 4 is 17.7 Å². The molecule has 29 heavy (non-hydrogen) atoms. The Balaban J connectivity index is 1.58. The summed E-state index contributed by atoms with van der Waals surface area (Å²) in [6.45, 7) is 5.24. The van der Waals surface area contributed by atoms with Crippen LogP contribution in [0.5, 0.6) is 0 Å². The number of ether oxygens (including phenoxy) is 1. The number of amides is 1. The van der Waals surface area contributed by atoms with Gasteiger partial charge in [-0.25, -0.2) is 0 Å². The number of hydrogen-bond donors (Lipinski definition) is 0. The standard InChI is InChI=1S/C21H23N5O2S/c1-15-12-25(13-16(2)28-15)19(27)14-29-21-24-23-20(17-8-10-22-11-9-17)26(21)18-6-4-3-5-7-18/h3-11,15-16H,12-14H2,1-2H3/t15-,16-/m1/s1. The van der Waals surface area contributed by atoms with Gasteiger partial charge in [0.25, 0.3) is 0 Å². The molecule has 0 unspecified atom stereocenters. The van der Waals surface area contributed by atoms with Gasteiger partial charge in [-0.3, -0.25) is 14.3 Å². The molecule has 1 aliphatic heterocycles. The first-order valence-electron chi connectivity index (χ1n) is 9.59. The molecule has 3 heterocycles. The summed E-state index contributed by atoms with van der Waals surface area (Å²) in [5, 5.41) is 9.46. The predicted octanol–water partition coefficient (Wildman–Crippen LogP) is 3.06. The van der Waals surface area contributed by atoms with Crippen LogP contribution in [0.4, 0.5) is 0 Å². The van der Waals surface area contributed by atoms with E-state index < -0.39 is 0 Å². The van der Waals surface area contributed by atoms with Crippen molar-refractivity contribution in [3.8, 4) is 17.1 Å². The first-order chi connectivity index (χ1) is 14.1. The smallest absolute Gasteiger partial charge is 0.233 e. The van der Waals surface area contributed by atoms with E-state index in [1.165, 1.54) is 11.8 Å². The average Bonchev–Trinajstić information content (AvgIpc) is 3.16. The maximum Gasteiger partial charge on any atom is 0.233 e. The summed E-state index contributed by atoms with van der Waals surface area (Å²) in [6, 6.07) is 13.7. The quantitative estimate of drug-likeness (QED) is 0.603. The van der Waals surface area contributed by atoms with Crippen molar-refractivity contribution in [1.29, 1.82) is 0 Å². The minimum Gasteiger partial charge on any atom is -0.372 e. The Morgan fingerprint density at radius 2 is 1.76 bits per heavy atom. The summed E-state index contributed by atoms with van der Waals surface area (Å²) in [5.41, 5.74) is 1.87. The van der Waals surface area contributed by atoms with Crippen LogP contribution in [0.3, 0.4) is 0 Å². The molecule has 8 heteroatoms. The summed E-state index contributed by atoms with van der Waals surface area (Å²) in [5.74, 6) is 1.12. The second-order valence-corrected chi connectivity index (χ2v) is 8.00. The number of carbonyl (C=O) groups excluding carboxylic acids is 1. The monoisotopic (exact) mass is 409 g/mol. The van der Waals surface area contributed by atoms with Crippen molar-refractivity contribution in [2.45, 2.75) is 31.2 Å². The second kappa shape index (κ2) is 8.75. The molecule has 1 aromatic carbocycles. The molecule has 1 aliphatic rings. The number of aromatic nitrogens is 4. The fourth-order valence-electron chi connectivity index (χ4n) is 3.46. The summed E-state index contributed by atoms with van der Waals surface area (Å²) >= 11 is 1.40. The van der Waals surface area contributed by atoms with Gasteiger partial charge in [-0.1, -0.05) is 30.0 Å². The molecule has 1 fully saturated rings. The highest BCUT2D eigenvalue weighted by Gasteiger charge is 2.26. The first-order valence-corrected chi connectivity index (χ1v) is 10.6. The van der Waals surface area contributed by atoms with Crippen LogP contribution in [-0.4, -0.2) is 61.6 Å². The number of nitrogens with zero attached hydrogens (tertiary/aromatic N) is 5. The molecule has 0 radical (unpaired) electrons. The largest absolute Gasteiger partial charge is 0.372 e. The molecular weight excluding hydrogens is 386 g/mol. The lowest BCUT2D eigenvalue weighted by molar-refractivity contribution is -0.140. The molecule has 2 atom stereocenters. The van der Waals surface area contributed by atoms with Gasteiger partial charge in [-0.05, 0) is 38.1 Å². The van der Waals surface area contributed by atoms with Gasteiger partial charge >= 0.3 is 0 Å². The number of hydrogen-bond acceptors (Lipinski definition) is 6. The number of benzene rings is 1. The molecule has 0 N–H and O–H groups in total. The molecule has 4 rings (SSSR count).